The van der Waals surface area contributed by atoms with Crippen LogP contribution >= 0.6 is 0 Å². The lowest BCUT2D eigenvalue weighted by molar-refractivity contribution is -0.507. The minimum absolute atomic E-state index is 0.147. The van der Waals surface area contributed by atoms with E-state index in [-0.39, 0.29) is 5.69 Å². The lowest BCUT2D eigenvalue weighted by Gasteiger charge is -2.43. The Hall–Kier alpha value is -2.47. The molecule has 0 spiro atoms. The minimum Gasteiger partial charge on any atom is -0.436 e. The number of nitrogens with zero attached hydrogens (tertiary/aromatic N) is 2. The molecule has 0 aliphatic carbocycles. The topological polar surface area (TPSA) is 209 Å². The van der Waals surface area contributed by atoms with Crippen molar-refractivity contribution in [1.29, 1.82) is 0 Å². The number of carbonyl (C=O) groups excluding carboxylic acids is 2. The van der Waals surface area contributed by atoms with Gasteiger partial charge in [-0.1, -0.05) is 0 Å². The number of nitrogens with one attached hydrogen (secondary N) is 1. The van der Waals surface area contributed by atoms with Gasteiger partial charge in [-0.25, -0.2) is 14.4 Å². The molecule has 14 nitrogen and oxygen atoms in total. The number of hydrogen-bond donors (Lipinski definition) is 8. The molecular weight excluding hydrogens is 429 g/mol. The first-order valence-electron chi connectivity index (χ1n) is 8.75. The van der Waals surface area contributed by atoms with Gasteiger partial charge in [0.2, 0.25) is 11.6 Å². The van der Waals surface area contributed by atoms with Gasteiger partial charge in [0, 0.05) is 19.1 Å². The first-order chi connectivity index (χ1) is 14.0. The zero-order valence-electron chi connectivity index (χ0n) is 16.0. The Morgan fingerprint density at radius 1 is 1.26 bits per heavy atom. The van der Waals surface area contributed by atoms with Crippen molar-refractivity contribution in [2.75, 3.05) is 24.5 Å². The van der Waals surface area contributed by atoms with Crippen molar-refractivity contribution in [2.45, 2.75) is 30.9 Å². The summed E-state index contributed by atoms with van der Waals surface area (Å²) in [5.74, 6) is -11.3. The molecule has 15 heteroatoms. The molecule has 0 saturated carbocycles. The Morgan fingerprint density at radius 3 is 2.35 bits per heavy atom. The highest BCUT2D eigenvalue weighted by Crippen LogP contribution is 2.36. The highest BCUT2D eigenvalue weighted by molar-refractivity contribution is 5.90. The average Bonchev–Trinajstić information content (AvgIpc) is 2.92. The van der Waals surface area contributed by atoms with E-state index in [2.05, 4.69) is 4.74 Å². The van der Waals surface area contributed by atoms with E-state index in [4.69, 9.17) is 4.74 Å². The van der Waals surface area contributed by atoms with Crippen molar-refractivity contribution >= 4 is 23.4 Å². The summed E-state index contributed by atoms with van der Waals surface area (Å²) in [5.41, 5.74) is -0.765. The van der Waals surface area contributed by atoms with Crippen LogP contribution in [0.5, 0.6) is 0 Å². The molecule has 172 valence electrons. The number of aliphatic hydroxyl groups is 6. The van der Waals surface area contributed by atoms with Crippen LogP contribution in [-0.2, 0) is 14.3 Å². The molecule has 2 aliphatic heterocycles. The van der Waals surface area contributed by atoms with Crippen molar-refractivity contribution in [3.63, 3.8) is 0 Å². The van der Waals surface area contributed by atoms with Gasteiger partial charge in [0.1, 0.15) is 0 Å². The molecule has 1 aromatic carbocycles. The number of cyclic esters (lactones) is 1. The quantitative estimate of drug-likeness (QED) is 0.170. The summed E-state index contributed by atoms with van der Waals surface area (Å²) in [5, 5.41) is 70.5. The van der Waals surface area contributed by atoms with Crippen molar-refractivity contribution in [2.24, 2.45) is 0 Å². The third-order valence-electron chi connectivity index (χ3n) is 4.57. The summed E-state index contributed by atoms with van der Waals surface area (Å²) in [6.45, 7) is -1.67. The predicted molar refractivity (Wildman–Crippen MR) is 93.7 cm³/mol. The van der Waals surface area contributed by atoms with E-state index in [1.807, 2.05) is 0 Å². The number of hydrogen-bond acceptors (Lipinski definition) is 11. The van der Waals surface area contributed by atoms with Crippen LogP contribution in [0.4, 0.5) is 20.6 Å². The smallest absolute Gasteiger partial charge is 0.415 e. The van der Waals surface area contributed by atoms with E-state index in [0.717, 1.165) is 30.0 Å². The maximum atomic E-state index is 14.8. The number of amides is 2. The van der Waals surface area contributed by atoms with Crippen LogP contribution < -0.4 is 14.9 Å². The Balaban J connectivity index is 1.86. The van der Waals surface area contributed by atoms with Gasteiger partial charge in [-0.3, -0.25) is 14.4 Å². The Bertz CT molecular complexity index is 891. The second-order valence-corrected chi connectivity index (χ2v) is 7.35. The largest absolute Gasteiger partial charge is 0.436 e. The average molecular weight is 450 g/mol. The van der Waals surface area contributed by atoms with Gasteiger partial charge in [-0.05, 0) is 6.07 Å². The van der Waals surface area contributed by atoms with Gasteiger partial charge < -0.3 is 40.7 Å². The second kappa shape index (κ2) is 7.30. The molecule has 0 bridgehead atoms. The first kappa shape index (κ1) is 23.2. The lowest BCUT2D eigenvalue weighted by atomic mass is 10.2. The molecular formula is C16H21FN3O11+. The fraction of sp³-hybridized carbons (Fsp3) is 0.500. The molecule has 1 aromatic rings. The minimum atomic E-state index is -3.21. The Kier molecular flexibility index (Phi) is 5.46. The van der Waals surface area contributed by atoms with Crippen molar-refractivity contribution in [1.82, 2.24) is 9.96 Å². The fourth-order valence-corrected chi connectivity index (χ4v) is 3.46. The van der Waals surface area contributed by atoms with Crippen LogP contribution in [0, 0.1) is 5.82 Å². The van der Waals surface area contributed by atoms with Crippen LogP contribution in [0.1, 0.15) is 6.92 Å². The fourth-order valence-electron chi connectivity index (χ4n) is 3.46. The second-order valence-electron chi connectivity index (χ2n) is 7.35. The van der Waals surface area contributed by atoms with E-state index >= 15 is 0 Å². The van der Waals surface area contributed by atoms with Crippen LogP contribution in [0.2, 0.25) is 0 Å². The van der Waals surface area contributed by atoms with Crippen molar-refractivity contribution in [3.05, 3.63) is 24.0 Å². The standard InChI is InChI=1S/C16H20FN3O11/c1-8(21)18-16(27,28)12-5-19(13(22)30-12)9-2-3-11(10(17)4-9)20(29)6-14(23,24)31-15(25,26)7-20/h2-4,12,23-29H,5-7H2,1H3/p+1. The number of anilines is 1. The molecule has 8 N–H and O–H groups in total. The van der Waals surface area contributed by atoms with Crippen LogP contribution in [0.15, 0.2) is 18.2 Å². The monoisotopic (exact) mass is 450 g/mol. The number of benzene rings is 1. The van der Waals surface area contributed by atoms with Gasteiger partial charge in [0.05, 0.1) is 12.2 Å². The molecule has 2 saturated heterocycles. The van der Waals surface area contributed by atoms with E-state index in [0.29, 0.717) is 0 Å². The van der Waals surface area contributed by atoms with Crippen LogP contribution in [-0.4, -0.2) is 91.4 Å². The molecule has 2 heterocycles. The Labute approximate surface area is 173 Å². The molecule has 0 aromatic heterocycles. The zero-order chi connectivity index (χ0) is 23.4. The van der Waals surface area contributed by atoms with Crippen LogP contribution in [0.25, 0.3) is 0 Å². The van der Waals surface area contributed by atoms with Crippen molar-refractivity contribution < 1.29 is 59.3 Å². The van der Waals surface area contributed by atoms with Gasteiger partial charge in [0.25, 0.3) is 5.91 Å². The SMILES string of the molecule is CC(=O)NC(O)(O)C1CN(c2ccc([N+]3(O)CC(O)(O)OC(O)(O)C3)c(F)c2)C(=O)O1. The summed E-state index contributed by atoms with van der Waals surface area (Å²) < 4.78 is 22.1. The number of carbonyl (C=O) groups is 2. The number of rotatable bonds is 4. The summed E-state index contributed by atoms with van der Waals surface area (Å²) in [7, 11) is 0. The summed E-state index contributed by atoms with van der Waals surface area (Å²) >= 11 is 0. The van der Waals surface area contributed by atoms with Gasteiger partial charge in [0.15, 0.2) is 25.0 Å². The normalized spacial score (nSPS) is 24.6. The van der Waals surface area contributed by atoms with Crippen molar-refractivity contribution in [3.8, 4) is 0 Å². The highest BCUT2D eigenvalue weighted by atomic mass is 19.1. The first-order valence-corrected chi connectivity index (χ1v) is 8.75. The van der Waals surface area contributed by atoms with E-state index < -0.39 is 71.7 Å². The lowest BCUT2D eigenvalue weighted by Crippen LogP contribution is -2.70. The predicted octanol–water partition coefficient (Wildman–Crippen LogP) is -3.07. The third kappa shape index (κ3) is 4.74. The number of quaternary nitrogens is 1. The third-order valence-corrected chi connectivity index (χ3v) is 4.57. The van der Waals surface area contributed by atoms with Gasteiger partial charge in [-0.2, -0.15) is 0 Å². The summed E-state index contributed by atoms with van der Waals surface area (Å²) in [6, 6.07) is 2.78. The molecule has 3 rings (SSSR count). The Morgan fingerprint density at radius 2 is 1.84 bits per heavy atom. The molecule has 2 fully saturated rings. The molecule has 1 atom stereocenters. The zero-order valence-corrected chi connectivity index (χ0v) is 16.0. The number of morpholine rings is 1. The van der Waals surface area contributed by atoms with Crippen LogP contribution in [0.3, 0.4) is 0 Å². The number of halogens is 1. The molecule has 2 amide bonds. The molecule has 2 aliphatic rings. The maximum Gasteiger partial charge on any atom is 0.415 e. The van der Waals surface area contributed by atoms with Gasteiger partial charge >= 0.3 is 18.0 Å². The van der Waals surface area contributed by atoms with E-state index in [9.17, 15) is 49.8 Å². The maximum absolute atomic E-state index is 14.8. The molecule has 0 radical (unpaired) electrons. The van der Waals surface area contributed by atoms with E-state index in [1.54, 1.807) is 5.32 Å². The number of ether oxygens (including phenoxy) is 2. The van der Waals surface area contributed by atoms with Gasteiger partial charge in [-0.15, -0.1) is 4.65 Å². The number of hydroxylamine groups is 2. The molecule has 31 heavy (non-hydrogen) atoms. The highest BCUT2D eigenvalue weighted by Gasteiger charge is 2.57. The van der Waals surface area contributed by atoms with E-state index in [1.165, 1.54) is 0 Å². The summed E-state index contributed by atoms with van der Waals surface area (Å²) in [6.07, 6.45) is -2.71. The molecule has 1 unspecified atom stereocenters. The summed E-state index contributed by atoms with van der Waals surface area (Å²) in [4.78, 5) is 24.0.